The molecule has 0 bridgehead atoms. The summed E-state index contributed by atoms with van der Waals surface area (Å²) in [5, 5.41) is 12.5. The average Bonchev–Trinajstić information content (AvgIpc) is 3.53. The molecule has 11 heteroatoms. The van der Waals surface area contributed by atoms with Crippen molar-refractivity contribution in [2.45, 2.75) is 43.1 Å². The maximum atomic E-state index is 12.8. The van der Waals surface area contributed by atoms with E-state index in [1.807, 2.05) is 24.3 Å². The molecule has 2 aromatic heterocycles. The first kappa shape index (κ1) is 24.1. The van der Waals surface area contributed by atoms with Crippen LogP contribution in [0.1, 0.15) is 32.2 Å². The quantitative estimate of drug-likeness (QED) is 0.287. The van der Waals surface area contributed by atoms with Crippen molar-refractivity contribution in [1.29, 1.82) is 0 Å². The first-order valence-electron chi connectivity index (χ1n) is 10.9. The van der Waals surface area contributed by atoms with Gasteiger partial charge in [0.1, 0.15) is 0 Å². The lowest BCUT2D eigenvalue weighted by Crippen LogP contribution is -2.30. The second kappa shape index (κ2) is 10.5. The maximum absolute atomic E-state index is 12.8. The van der Waals surface area contributed by atoms with E-state index in [0.29, 0.717) is 41.3 Å². The third-order valence-electron chi connectivity index (χ3n) is 5.24. The van der Waals surface area contributed by atoms with Crippen molar-refractivity contribution in [3.05, 3.63) is 60.0 Å². The van der Waals surface area contributed by atoms with Crippen LogP contribution < -0.4 is 0 Å². The molecular formula is C23H25N5O4S2. The highest BCUT2D eigenvalue weighted by Crippen LogP contribution is 2.28. The van der Waals surface area contributed by atoms with Crippen molar-refractivity contribution in [2.24, 2.45) is 0 Å². The number of hydrogen-bond acceptors (Lipinski definition) is 9. The number of nitrogens with zero attached hydrogens (tertiary/aromatic N) is 5. The highest BCUT2D eigenvalue weighted by atomic mass is 32.2. The van der Waals surface area contributed by atoms with Gasteiger partial charge in [0.05, 0.1) is 10.6 Å². The SMILES string of the molecule is CCc1ccc(-c2noc(CSc3nnc(-c4cccc(S(=O)(=O)N(CC)CC)c4)o3)n2)cc1. The molecule has 178 valence electrons. The molecule has 0 aliphatic heterocycles. The van der Waals surface area contributed by atoms with Crippen molar-refractivity contribution in [3.8, 4) is 22.8 Å². The number of thioether (sulfide) groups is 1. The normalized spacial score (nSPS) is 11.9. The van der Waals surface area contributed by atoms with Crippen molar-refractivity contribution < 1.29 is 17.4 Å². The smallest absolute Gasteiger partial charge is 0.277 e. The van der Waals surface area contributed by atoms with Gasteiger partial charge < -0.3 is 8.94 Å². The first-order valence-corrected chi connectivity index (χ1v) is 13.4. The topological polar surface area (TPSA) is 115 Å². The van der Waals surface area contributed by atoms with Crippen LogP contribution in [0.4, 0.5) is 0 Å². The summed E-state index contributed by atoms with van der Waals surface area (Å²) in [5.41, 5.74) is 2.66. The molecule has 0 amide bonds. The highest BCUT2D eigenvalue weighted by molar-refractivity contribution is 7.98. The van der Waals surface area contributed by atoms with Gasteiger partial charge in [-0.25, -0.2) is 8.42 Å². The van der Waals surface area contributed by atoms with E-state index >= 15 is 0 Å². The van der Waals surface area contributed by atoms with Gasteiger partial charge in [0.25, 0.3) is 5.22 Å². The second-order valence-corrected chi connectivity index (χ2v) is 10.2. The van der Waals surface area contributed by atoms with Gasteiger partial charge >= 0.3 is 0 Å². The molecule has 0 aliphatic rings. The van der Waals surface area contributed by atoms with E-state index in [-0.39, 0.29) is 10.8 Å². The molecule has 2 heterocycles. The van der Waals surface area contributed by atoms with Crippen LogP contribution in [0.15, 0.2) is 67.6 Å². The number of sulfonamides is 1. The third kappa shape index (κ3) is 5.21. The van der Waals surface area contributed by atoms with Crippen LogP contribution in [0.5, 0.6) is 0 Å². The van der Waals surface area contributed by atoms with E-state index < -0.39 is 10.0 Å². The lowest BCUT2D eigenvalue weighted by Gasteiger charge is -2.18. The fourth-order valence-corrected chi connectivity index (χ4v) is 5.44. The summed E-state index contributed by atoms with van der Waals surface area (Å²) in [4.78, 5) is 4.61. The fourth-order valence-electron chi connectivity index (χ4n) is 3.33. The van der Waals surface area contributed by atoms with Gasteiger partial charge in [0.2, 0.25) is 27.6 Å². The Morgan fingerprint density at radius 2 is 1.74 bits per heavy atom. The Bertz CT molecular complexity index is 1350. The Balaban J connectivity index is 1.44. The zero-order chi connectivity index (χ0) is 24.1. The van der Waals surface area contributed by atoms with Crippen molar-refractivity contribution >= 4 is 21.8 Å². The summed E-state index contributed by atoms with van der Waals surface area (Å²) in [6.45, 7) is 6.51. The largest absolute Gasteiger partial charge is 0.411 e. The van der Waals surface area contributed by atoms with Crippen molar-refractivity contribution in [2.75, 3.05) is 13.1 Å². The molecule has 0 saturated carbocycles. The van der Waals surface area contributed by atoms with Crippen LogP contribution in [0.25, 0.3) is 22.8 Å². The molecule has 2 aromatic carbocycles. The van der Waals surface area contributed by atoms with E-state index in [1.165, 1.54) is 21.6 Å². The first-order chi connectivity index (χ1) is 16.4. The Hall–Kier alpha value is -3.02. The Morgan fingerprint density at radius 3 is 2.44 bits per heavy atom. The van der Waals surface area contributed by atoms with Gasteiger partial charge in [-0.2, -0.15) is 9.29 Å². The predicted octanol–water partition coefficient (Wildman–Crippen LogP) is 4.67. The van der Waals surface area contributed by atoms with E-state index in [0.717, 1.165) is 12.0 Å². The zero-order valence-electron chi connectivity index (χ0n) is 19.1. The average molecular weight is 500 g/mol. The molecule has 0 aliphatic carbocycles. The fraction of sp³-hybridized carbons (Fsp3) is 0.304. The Kier molecular flexibility index (Phi) is 7.44. The molecular weight excluding hydrogens is 474 g/mol. The monoisotopic (exact) mass is 499 g/mol. The van der Waals surface area contributed by atoms with E-state index in [4.69, 9.17) is 8.94 Å². The van der Waals surface area contributed by atoms with Gasteiger partial charge in [-0.15, -0.1) is 10.2 Å². The van der Waals surface area contributed by atoms with Crippen molar-refractivity contribution in [3.63, 3.8) is 0 Å². The van der Waals surface area contributed by atoms with E-state index in [2.05, 4.69) is 27.3 Å². The van der Waals surface area contributed by atoms with E-state index in [1.54, 1.807) is 38.1 Å². The maximum Gasteiger partial charge on any atom is 0.277 e. The minimum absolute atomic E-state index is 0.187. The van der Waals surface area contributed by atoms with Crippen molar-refractivity contribution in [1.82, 2.24) is 24.6 Å². The van der Waals surface area contributed by atoms with Gasteiger partial charge in [-0.3, -0.25) is 0 Å². The summed E-state index contributed by atoms with van der Waals surface area (Å²) in [6, 6.07) is 14.5. The molecule has 4 rings (SSSR count). The lowest BCUT2D eigenvalue weighted by atomic mass is 10.1. The summed E-state index contributed by atoms with van der Waals surface area (Å²) in [5.74, 6) is 1.56. The van der Waals surface area contributed by atoms with Crippen LogP contribution in [-0.4, -0.2) is 46.2 Å². The van der Waals surface area contributed by atoms with Crippen LogP contribution in [0.3, 0.4) is 0 Å². The van der Waals surface area contributed by atoms with Gasteiger partial charge in [-0.05, 0) is 30.2 Å². The van der Waals surface area contributed by atoms with Gasteiger partial charge in [-0.1, -0.05) is 68.0 Å². The molecule has 0 N–H and O–H groups in total. The number of benzene rings is 2. The molecule has 0 atom stereocenters. The predicted molar refractivity (Wildman–Crippen MR) is 129 cm³/mol. The van der Waals surface area contributed by atoms with Crippen LogP contribution in [-0.2, 0) is 22.2 Å². The summed E-state index contributed by atoms with van der Waals surface area (Å²) in [6.07, 6.45) is 0.969. The molecule has 4 aromatic rings. The molecule has 0 saturated heterocycles. The Morgan fingerprint density at radius 1 is 0.971 bits per heavy atom. The van der Waals surface area contributed by atoms with E-state index in [9.17, 15) is 8.42 Å². The molecule has 0 unspecified atom stereocenters. The molecule has 0 radical (unpaired) electrons. The molecule has 9 nitrogen and oxygen atoms in total. The minimum atomic E-state index is -3.59. The highest BCUT2D eigenvalue weighted by Gasteiger charge is 2.22. The number of aromatic nitrogens is 4. The van der Waals surface area contributed by atoms with Gasteiger partial charge in [0, 0.05) is 24.2 Å². The zero-order valence-corrected chi connectivity index (χ0v) is 20.8. The number of aryl methyl sites for hydroxylation is 1. The summed E-state index contributed by atoms with van der Waals surface area (Å²) in [7, 11) is -3.59. The van der Waals surface area contributed by atoms with Crippen LogP contribution in [0.2, 0.25) is 0 Å². The van der Waals surface area contributed by atoms with Crippen LogP contribution >= 0.6 is 11.8 Å². The molecule has 34 heavy (non-hydrogen) atoms. The van der Waals surface area contributed by atoms with Crippen LogP contribution in [0, 0.1) is 0 Å². The second-order valence-electron chi connectivity index (χ2n) is 7.34. The Labute approximate surface area is 202 Å². The minimum Gasteiger partial charge on any atom is -0.411 e. The number of rotatable bonds is 10. The number of hydrogen-bond donors (Lipinski definition) is 0. The lowest BCUT2D eigenvalue weighted by molar-refractivity contribution is 0.391. The summed E-state index contributed by atoms with van der Waals surface area (Å²) < 4.78 is 38.1. The summed E-state index contributed by atoms with van der Waals surface area (Å²) >= 11 is 1.26. The van der Waals surface area contributed by atoms with Gasteiger partial charge in [0.15, 0.2) is 0 Å². The third-order valence-corrected chi connectivity index (χ3v) is 8.09. The molecule has 0 spiro atoms. The standard InChI is InChI=1S/C23H25N5O4S2/c1-4-16-10-12-17(13-11-16)21-24-20(32-27-21)15-33-23-26-25-22(31-23)18-8-7-9-19(14-18)34(29,30)28(5-2)6-3/h7-14H,4-6,15H2,1-3H3. The molecule has 0 fully saturated rings.